The molecule has 2 saturated carbocycles. The maximum Gasteiger partial charge on any atom is 0.0924 e. The van der Waals surface area contributed by atoms with Crippen LogP contribution in [0.25, 0.3) is 11.3 Å². The number of anilines is 1. The molecule has 1 aromatic carbocycles. The third-order valence-electron chi connectivity index (χ3n) is 5.17. The molecular weight excluding hydrogens is 260 g/mol. The number of nitrogens with zero attached hydrogens (tertiary/aromatic N) is 2. The zero-order chi connectivity index (χ0) is 14.2. The lowest BCUT2D eigenvalue weighted by Gasteiger charge is -2.33. The summed E-state index contributed by atoms with van der Waals surface area (Å²) in [6, 6.07) is 8.97. The molecule has 3 atom stereocenters. The minimum absolute atomic E-state index is 0.527. The Labute approximate surface area is 124 Å². The number of H-pyrrole nitrogens is 1. The molecule has 4 heteroatoms. The minimum atomic E-state index is 0.527. The van der Waals surface area contributed by atoms with Crippen LogP contribution in [-0.4, -0.2) is 22.3 Å². The van der Waals surface area contributed by atoms with Gasteiger partial charge in [0.1, 0.15) is 0 Å². The summed E-state index contributed by atoms with van der Waals surface area (Å²) in [5, 5.41) is 7.82. The Morgan fingerprint density at radius 1 is 1.19 bits per heavy atom. The van der Waals surface area contributed by atoms with Crippen LogP contribution in [0.3, 0.4) is 0 Å². The number of rotatable bonds is 4. The average Bonchev–Trinajstić information content (AvgIpc) is 3.27. The van der Waals surface area contributed by atoms with Gasteiger partial charge in [-0.2, -0.15) is 0 Å². The zero-order valence-corrected chi connectivity index (χ0v) is 12.0. The van der Waals surface area contributed by atoms with Crippen molar-refractivity contribution < 1.29 is 0 Å². The molecule has 3 unspecified atom stereocenters. The third-order valence-corrected chi connectivity index (χ3v) is 5.17. The smallest absolute Gasteiger partial charge is 0.0924 e. The lowest BCUT2D eigenvalue weighted by Crippen LogP contribution is -2.37. The molecule has 2 fully saturated rings. The van der Waals surface area contributed by atoms with Crippen molar-refractivity contribution in [1.82, 2.24) is 9.97 Å². The van der Waals surface area contributed by atoms with E-state index >= 15 is 0 Å². The summed E-state index contributed by atoms with van der Waals surface area (Å²) in [6.07, 6.45) is 10.4. The summed E-state index contributed by atoms with van der Waals surface area (Å²) >= 11 is 0. The first kappa shape index (κ1) is 12.6. The van der Waals surface area contributed by atoms with Crippen LogP contribution in [0.15, 0.2) is 36.8 Å². The van der Waals surface area contributed by atoms with Gasteiger partial charge in [0.15, 0.2) is 0 Å². The van der Waals surface area contributed by atoms with E-state index in [9.17, 15) is 0 Å². The van der Waals surface area contributed by atoms with Crippen LogP contribution in [0.2, 0.25) is 0 Å². The summed E-state index contributed by atoms with van der Waals surface area (Å²) < 4.78 is 0. The van der Waals surface area contributed by atoms with Crippen LogP contribution < -0.4 is 4.90 Å². The Morgan fingerprint density at radius 2 is 2.05 bits per heavy atom. The molecule has 108 valence electrons. The van der Waals surface area contributed by atoms with Gasteiger partial charge in [0.2, 0.25) is 0 Å². The second-order valence-electron chi connectivity index (χ2n) is 6.29. The van der Waals surface area contributed by atoms with E-state index in [1.165, 1.54) is 32.0 Å². The van der Waals surface area contributed by atoms with Crippen LogP contribution >= 0.6 is 0 Å². The fraction of sp³-hybridized carbons (Fsp3) is 0.412. The SMILES string of the molecule is N=CN(c1ccc(-c2cnc[nH]2)cc1)C1CC2CCC1C2. The van der Waals surface area contributed by atoms with E-state index in [1.54, 1.807) is 6.33 Å². The summed E-state index contributed by atoms with van der Waals surface area (Å²) in [5.41, 5.74) is 3.29. The quantitative estimate of drug-likeness (QED) is 0.663. The maximum absolute atomic E-state index is 7.82. The molecule has 2 bridgehead atoms. The third kappa shape index (κ3) is 2.15. The van der Waals surface area contributed by atoms with Crippen LogP contribution in [0.4, 0.5) is 5.69 Å². The summed E-state index contributed by atoms with van der Waals surface area (Å²) in [7, 11) is 0. The number of fused-ring (bicyclic) bond motifs is 2. The van der Waals surface area contributed by atoms with Gasteiger partial charge in [0, 0.05) is 11.7 Å². The topological polar surface area (TPSA) is 55.8 Å². The summed E-state index contributed by atoms with van der Waals surface area (Å²) in [5.74, 6) is 1.68. The van der Waals surface area contributed by atoms with Crippen molar-refractivity contribution in [3.05, 3.63) is 36.8 Å². The second-order valence-corrected chi connectivity index (χ2v) is 6.29. The molecule has 21 heavy (non-hydrogen) atoms. The Kier molecular flexibility index (Phi) is 3.02. The van der Waals surface area contributed by atoms with Crippen LogP contribution in [0, 0.1) is 17.2 Å². The van der Waals surface area contributed by atoms with E-state index in [0.29, 0.717) is 6.04 Å². The predicted octanol–water partition coefficient (Wildman–Crippen LogP) is 3.68. The highest BCUT2D eigenvalue weighted by molar-refractivity contribution is 5.79. The average molecular weight is 280 g/mol. The highest BCUT2D eigenvalue weighted by Gasteiger charge is 2.42. The fourth-order valence-electron chi connectivity index (χ4n) is 4.14. The molecule has 0 saturated heterocycles. The Balaban J connectivity index is 1.58. The largest absolute Gasteiger partial charge is 0.345 e. The number of hydrogen-bond acceptors (Lipinski definition) is 2. The minimum Gasteiger partial charge on any atom is -0.345 e. The van der Waals surface area contributed by atoms with Gasteiger partial charge in [0.05, 0.1) is 24.6 Å². The Morgan fingerprint density at radius 3 is 2.62 bits per heavy atom. The van der Waals surface area contributed by atoms with Gasteiger partial charge in [-0.25, -0.2) is 4.98 Å². The van der Waals surface area contributed by atoms with Crippen molar-refractivity contribution in [2.24, 2.45) is 11.8 Å². The van der Waals surface area contributed by atoms with E-state index in [0.717, 1.165) is 28.8 Å². The predicted molar refractivity (Wildman–Crippen MR) is 84.5 cm³/mol. The van der Waals surface area contributed by atoms with Gasteiger partial charge < -0.3 is 9.88 Å². The Hall–Kier alpha value is -2.10. The maximum atomic E-state index is 7.82. The van der Waals surface area contributed by atoms with Crippen LogP contribution in [0.1, 0.15) is 25.7 Å². The second kappa shape index (κ2) is 5.02. The number of benzene rings is 1. The molecule has 0 spiro atoms. The van der Waals surface area contributed by atoms with Crippen molar-refractivity contribution in [2.75, 3.05) is 4.90 Å². The number of nitrogens with one attached hydrogen (secondary N) is 2. The van der Waals surface area contributed by atoms with Crippen molar-refractivity contribution in [2.45, 2.75) is 31.7 Å². The first-order valence-electron chi connectivity index (χ1n) is 7.73. The van der Waals surface area contributed by atoms with E-state index in [-0.39, 0.29) is 0 Å². The van der Waals surface area contributed by atoms with E-state index in [4.69, 9.17) is 5.41 Å². The molecule has 2 aliphatic carbocycles. The molecule has 4 nitrogen and oxygen atoms in total. The number of hydrogen-bond donors (Lipinski definition) is 2. The number of aromatic amines is 1. The first-order chi connectivity index (χ1) is 10.3. The first-order valence-corrected chi connectivity index (χ1v) is 7.73. The van der Waals surface area contributed by atoms with Crippen molar-refractivity contribution in [1.29, 1.82) is 5.41 Å². The lowest BCUT2D eigenvalue weighted by molar-refractivity contribution is 0.418. The number of imidazole rings is 1. The van der Waals surface area contributed by atoms with Gasteiger partial charge in [-0.3, -0.25) is 5.41 Å². The molecule has 2 aliphatic rings. The normalized spacial score (nSPS) is 27.0. The Bertz CT molecular complexity index is 617. The van der Waals surface area contributed by atoms with E-state index < -0.39 is 0 Å². The standard InChI is InChI=1S/C17H20N4/c18-10-21(17-8-12-1-2-14(17)7-12)15-5-3-13(4-6-15)16-9-19-11-20-16/h3-6,9-12,14,17-18H,1-2,7-8H2,(H,19,20). The van der Waals surface area contributed by atoms with E-state index in [2.05, 4.69) is 39.1 Å². The van der Waals surface area contributed by atoms with Crippen molar-refractivity contribution >= 4 is 12.0 Å². The molecule has 4 rings (SSSR count). The molecule has 0 radical (unpaired) electrons. The molecule has 1 aromatic heterocycles. The van der Waals surface area contributed by atoms with Gasteiger partial charge >= 0.3 is 0 Å². The molecule has 0 amide bonds. The molecule has 1 heterocycles. The molecule has 0 aliphatic heterocycles. The van der Waals surface area contributed by atoms with Crippen molar-refractivity contribution in [3.63, 3.8) is 0 Å². The van der Waals surface area contributed by atoms with Crippen LogP contribution in [-0.2, 0) is 0 Å². The fourth-order valence-corrected chi connectivity index (χ4v) is 4.14. The summed E-state index contributed by atoms with van der Waals surface area (Å²) in [6.45, 7) is 0. The van der Waals surface area contributed by atoms with Gasteiger partial charge in [-0.05, 0) is 48.8 Å². The lowest BCUT2D eigenvalue weighted by atomic mass is 9.94. The monoisotopic (exact) mass is 280 g/mol. The summed E-state index contributed by atoms with van der Waals surface area (Å²) in [4.78, 5) is 9.35. The van der Waals surface area contributed by atoms with Gasteiger partial charge in [0.25, 0.3) is 0 Å². The molecular formula is C17H20N4. The van der Waals surface area contributed by atoms with Gasteiger partial charge in [-0.15, -0.1) is 0 Å². The van der Waals surface area contributed by atoms with Gasteiger partial charge in [-0.1, -0.05) is 18.6 Å². The number of aromatic nitrogens is 2. The molecule has 2 N–H and O–H groups in total. The zero-order valence-electron chi connectivity index (χ0n) is 12.0. The molecule has 2 aromatic rings. The van der Waals surface area contributed by atoms with E-state index in [1.807, 2.05) is 6.20 Å². The highest BCUT2D eigenvalue weighted by Crippen LogP contribution is 2.47. The van der Waals surface area contributed by atoms with Crippen molar-refractivity contribution in [3.8, 4) is 11.3 Å². The highest BCUT2D eigenvalue weighted by atomic mass is 15.2. The van der Waals surface area contributed by atoms with Crippen LogP contribution in [0.5, 0.6) is 0 Å².